The first-order valence-electron chi connectivity index (χ1n) is 10.1. The third kappa shape index (κ3) is 5.38. The molecule has 0 bridgehead atoms. The molecule has 0 amide bonds. The number of hydrogen-bond acceptors (Lipinski definition) is 7. The van der Waals surface area contributed by atoms with Gasteiger partial charge in [0.1, 0.15) is 0 Å². The van der Waals surface area contributed by atoms with Gasteiger partial charge in [-0.2, -0.15) is 4.31 Å². The van der Waals surface area contributed by atoms with Crippen LogP contribution in [0.3, 0.4) is 0 Å². The molecular weight excluding hydrogens is 436 g/mol. The van der Waals surface area contributed by atoms with E-state index in [1.807, 2.05) is 13.8 Å². The number of benzene rings is 2. The quantitative estimate of drug-likeness (QED) is 0.269. The number of non-ortho nitro benzene ring substituents is 1. The molecular formula is C22H24N2O7S. The summed E-state index contributed by atoms with van der Waals surface area (Å²) in [5.41, 5.74) is 0.0165. The third-order valence-corrected chi connectivity index (χ3v) is 7.10. The second kappa shape index (κ2) is 9.58. The number of sulfonamides is 1. The van der Waals surface area contributed by atoms with Crippen molar-refractivity contribution in [1.82, 2.24) is 4.31 Å². The predicted octanol–water partition coefficient (Wildman–Crippen LogP) is 3.30. The van der Waals surface area contributed by atoms with Crippen molar-refractivity contribution in [3.8, 4) is 0 Å². The average Bonchev–Trinajstić information content (AvgIpc) is 2.76. The lowest BCUT2D eigenvalue weighted by atomic mass is 9.94. The summed E-state index contributed by atoms with van der Waals surface area (Å²) in [6.45, 7) is 4.28. The van der Waals surface area contributed by atoms with Crippen LogP contribution in [0.15, 0.2) is 53.4 Å². The standard InChI is InChI=1S/C22H24N2O7S/c1-15-10-16(2)13-23(12-15)32(29,30)20-5-3-4-18(11-20)22(26)31-14-21(25)17-6-8-19(9-7-17)24(27)28/h3-9,11,15-16H,10,12-14H2,1-2H3/t15-,16-/m0/s1. The largest absolute Gasteiger partial charge is 0.454 e. The van der Waals surface area contributed by atoms with Gasteiger partial charge in [0, 0.05) is 30.8 Å². The Hall–Kier alpha value is -3.11. The van der Waals surface area contributed by atoms with E-state index >= 15 is 0 Å². The summed E-state index contributed by atoms with van der Waals surface area (Å²) in [7, 11) is -3.77. The zero-order valence-corrected chi connectivity index (χ0v) is 18.6. The fraction of sp³-hybridized carbons (Fsp3) is 0.364. The summed E-state index contributed by atoms with van der Waals surface area (Å²) >= 11 is 0. The van der Waals surface area contributed by atoms with Gasteiger partial charge in [-0.3, -0.25) is 14.9 Å². The molecule has 1 heterocycles. The van der Waals surface area contributed by atoms with Crippen LogP contribution in [0, 0.1) is 22.0 Å². The lowest BCUT2D eigenvalue weighted by Gasteiger charge is -2.34. The number of Topliss-reactive ketones (excluding diaryl/α,β-unsaturated/α-hetero) is 1. The van der Waals surface area contributed by atoms with Crippen molar-refractivity contribution in [1.29, 1.82) is 0 Å². The molecule has 1 aliphatic rings. The van der Waals surface area contributed by atoms with Gasteiger partial charge in [0.25, 0.3) is 5.69 Å². The van der Waals surface area contributed by atoms with Crippen LogP contribution in [0.2, 0.25) is 0 Å². The highest BCUT2D eigenvalue weighted by atomic mass is 32.2. The number of nitro groups is 1. The zero-order chi connectivity index (χ0) is 23.5. The van der Waals surface area contributed by atoms with Gasteiger partial charge in [-0.05, 0) is 48.6 Å². The van der Waals surface area contributed by atoms with E-state index in [1.54, 1.807) is 0 Å². The molecule has 1 saturated heterocycles. The van der Waals surface area contributed by atoms with Gasteiger partial charge >= 0.3 is 5.97 Å². The van der Waals surface area contributed by atoms with E-state index < -0.39 is 33.3 Å². The summed E-state index contributed by atoms with van der Waals surface area (Å²) in [4.78, 5) is 34.7. The van der Waals surface area contributed by atoms with Crippen molar-refractivity contribution >= 4 is 27.5 Å². The Kier molecular flexibility index (Phi) is 7.05. The van der Waals surface area contributed by atoms with Crippen molar-refractivity contribution in [2.75, 3.05) is 19.7 Å². The van der Waals surface area contributed by atoms with Crippen LogP contribution < -0.4 is 0 Å². The van der Waals surface area contributed by atoms with Crippen LogP contribution in [0.1, 0.15) is 41.0 Å². The number of carbonyl (C=O) groups is 2. The minimum absolute atomic E-state index is 0.00468. The fourth-order valence-electron chi connectivity index (χ4n) is 3.80. The highest BCUT2D eigenvalue weighted by molar-refractivity contribution is 7.89. The van der Waals surface area contributed by atoms with Gasteiger partial charge in [0.15, 0.2) is 12.4 Å². The van der Waals surface area contributed by atoms with Gasteiger partial charge < -0.3 is 4.74 Å². The predicted molar refractivity (Wildman–Crippen MR) is 116 cm³/mol. The Balaban J connectivity index is 1.68. The summed E-state index contributed by atoms with van der Waals surface area (Å²) in [5.74, 6) is -0.884. The Labute approximate surface area is 186 Å². The first kappa shape index (κ1) is 23.6. The van der Waals surface area contributed by atoms with E-state index in [0.29, 0.717) is 13.1 Å². The number of nitro benzene ring substituents is 1. The molecule has 10 heteroatoms. The van der Waals surface area contributed by atoms with Crippen molar-refractivity contribution in [3.63, 3.8) is 0 Å². The van der Waals surface area contributed by atoms with E-state index in [-0.39, 0.29) is 33.5 Å². The summed E-state index contributed by atoms with van der Waals surface area (Å²) in [6.07, 6.45) is 0.959. The van der Waals surface area contributed by atoms with E-state index in [1.165, 1.54) is 52.8 Å². The SMILES string of the molecule is C[C@H]1C[C@H](C)CN(S(=O)(=O)c2cccc(C(=O)OCC(=O)c3ccc([N+](=O)[O-])cc3)c2)C1. The molecule has 0 unspecified atom stereocenters. The minimum atomic E-state index is -3.77. The number of esters is 1. The molecule has 0 aromatic heterocycles. The Morgan fingerprint density at radius 2 is 1.69 bits per heavy atom. The average molecular weight is 461 g/mol. The van der Waals surface area contributed by atoms with Crippen LogP contribution in [-0.2, 0) is 14.8 Å². The first-order chi connectivity index (χ1) is 15.1. The molecule has 0 spiro atoms. The Morgan fingerprint density at radius 1 is 1.06 bits per heavy atom. The van der Waals surface area contributed by atoms with Crippen LogP contribution in [0.5, 0.6) is 0 Å². The third-order valence-electron chi connectivity index (χ3n) is 5.28. The van der Waals surface area contributed by atoms with E-state index in [0.717, 1.165) is 6.42 Å². The Bertz CT molecular complexity index is 1120. The molecule has 2 atom stereocenters. The summed E-state index contributed by atoms with van der Waals surface area (Å²) < 4.78 is 32.6. The van der Waals surface area contributed by atoms with Crippen molar-refractivity contribution in [2.24, 2.45) is 11.8 Å². The van der Waals surface area contributed by atoms with Crippen molar-refractivity contribution in [3.05, 3.63) is 69.8 Å². The number of ether oxygens (including phenoxy) is 1. The van der Waals surface area contributed by atoms with Crippen molar-refractivity contribution in [2.45, 2.75) is 25.2 Å². The molecule has 0 aliphatic carbocycles. The smallest absolute Gasteiger partial charge is 0.338 e. The second-order valence-electron chi connectivity index (χ2n) is 8.10. The molecule has 2 aromatic rings. The van der Waals surface area contributed by atoms with Gasteiger partial charge in [-0.25, -0.2) is 13.2 Å². The molecule has 1 aliphatic heterocycles. The van der Waals surface area contributed by atoms with E-state index in [9.17, 15) is 28.1 Å². The Morgan fingerprint density at radius 3 is 2.28 bits per heavy atom. The molecule has 1 fully saturated rings. The minimum Gasteiger partial charge on any atom is -0.454 e. The molecule has 2 aromatic carbocycles. The van der Waals surface area contributed by atoms with Crippen LogP contribution in [0.4, 0.5) is 5.69 Å². The number of piperidine rings is 1. The maximum absolute atomic E-state index is 13.1. The molecule has 0 radical (unpaired) electrons. The number of rotatable bonds is 7. The summed E-state index contributed by atoms with van der Waals surface area (Å²) in [5, 5.41) is 10.7. The number of ketones is 1. The van der Waals surface area contributed by atoms with Gasteiger partial charge in [-0.1, -0.05) is 19.9 Å². The number of nitrogens with zero attached hydrogens (tertiary/aromatic N) is 2. The normalized spacial score (nSPS) is 19.3. The maximum atomic E-state index is 13.1. The van der Waals surface area contributed by atoms with Crippen LogP contribution in [-0.4, -0.2) is 49.1 Å². The molecule has 170 valence electrons. The molecule has 0 saturated carbocycles. The van der Waals surface area contributed by atoms with Crippen LogP contribution >= 0.6 is 0 Å². The highest BCUT2D eigenvalue weighted by Gasteiger charge is 2.32. The van der Waals surface area contributed by atoms with Gasteiger partial charge in [0.2, 0.25) is 10.0 Å². The zero-order valence-electron chi connectivity index (χ0n) is 17.8. The van der Waals surface area contributed by atoms with Gasteiger partial charge in [0.05, 0.1) is 15.4 Å². The molecule has 0 N–H and O–H groups in total. The second-order valence-corrected chi connectivity index (χ2v) is 10.0. The fourth-order valence-corrected chi connectivity index (χ4v) is 5.53. The molecule has 32 heavy (non-hydrogen) atoms. The number of hydrogen-bond donors (Lipinski definition) is 0. The van der Waals surface area contributed by atoms with E-state index in [2.05, 4.69) is 0 Å². The lowest BCUT2D eigenvalue weighted by Crippen LogP contribution is -2.42. The van der Waals surface area contributed by atoms with Gasteiger partial charge in [-0.15, -0.1) is 0 Å². The topological polar surface area (TPSA) is 124 Å². The monoisotopic (exact) mass is 460 g/mol. The van der Waals surface area contributed by atoms with E-state index in [4.69, 9.17) is 4.74 Å². The first-order valence-corrected chi connectivity index (χ1v) is 11.6. The number of carbonyl (C=O) groups excluding carboxylic acids is 2. The highest BCUT2D eigenvalue weighted by Crippen LogP contribution is 2.27. The maximum Gasteiger partial charge on any atom is 0.338 e. The molecule has 9 nitrogen and oxygen atoms in total. The van der Waals surface area contributed by atoms with Crippen molar-refractivity contribution < 1.29 is 27.7 Å². The lowest BCUT2D eigenvalue weighted by molar-refractivity contribution is -0.384. The van der Waals surface area contributed by atoms with Crippen LogP contribution in [0.25, 0.3) is 0 Å². The molecule has 3 rings (SSSR count). The summed E-state index contributed by atoms with van der Waals surface area (Å²) in [6, 6.07) is 10.5.